The van der Waals surface area contributed by atoms with Crippen molar-refractivity contribution in [2.45, 2.75) is 24.8 Å². The Morgan fingerprint density at radius 1 is 1.37 bits per heavy atom. The van der Waals surface area contributed by atoms with Gasteiger partial charge < -0.3 is 5.73 Å². The quantitative estimate of drug-likeness (QED) is 0.823. The number of nitrogens with one attached hydrogen (secondary N) is 1. The summed E-state index contributed by atoms with van der Waals surface area (Å²) < 4.78 is 28.0. The van der Waals surface area contributed by atoms with E-state index in [1.807, 2.05) is 6.92 Å². The first-order valence-corrected chi connectivity index (χ1v) is 7.14. The molecule has 0 aliphatic rings. The van der Waals surface area contributed by atoms with Crippen LogP contribution < -0.4 is 10.5 Å². The average Bonchev–Trinajstić information content (AvgIpc) is 2.72. The van der Waals surface area contributed by atoms with E-state index in [1.54, 1.807) is 6.07 Å². The topological polar surface area (TPSA) is 116 Å². The van der Waals surface area contributed by atoms with Gasteiger partial charge in [-0.1, -0.05) is 6.92 Å². The van der Waals surface area contributed by atoms with Crippen LogP contribution in [0, 0.1) is 0 Å². The maximum absolute atomic E-state index is 12.1. The van der Waals surface area contributed by atoms with Crippen LogP contribution in [0.1, 0.15) is 13.3 Å². The molecule has 0 saturated heterocycles. The van der Waals surface area contributed by atoms with Crippen molar-refractivity contribution in [3.63, 3.8) is 0 Å². The van der Waals surface area contributed by atoms with Gasteiger partial charge in [0, 0.05) is 25.1 Å². The molecule has 2 heterocycles. The van der Waals surface area contributed by atoms with Gasteiger partial charge in [0.1, 0.15) is 4.90 Å². The summed E-state index contributed by atoms with van der Waals surface area (Å²) in [6, 6.07) is 1.59. The van der Waals surface area contributed by atoms with Gasteiger partial charge in [0.25, 0.3) is 10.0 Å². The van der Waals surface area contributed by atoms with E-state index in [-0.39, 0.29) is 16.7 Å². The molecular weight excluding hydrogens is 268 g/mol. The Bertz CT molecular complexity index is 652. The van der Waals surface area contributed by atoms with E-state index in [4.69, 9.17) is 5.73 Å². The molecule has 8 nitrogen and oxygen atoms in total. The number of nitrogens with zero attached hydrogens (tertiary/aromatic N) is 4. The smallest absolute Gasteiger partial charge is 0.269 e. The summed E-state index contributed by atoms with van der Waals surface area (Å²) in [5, 5.41) is 3.94. The zero-order valence-corrected chi connectivity index (χ0v) is 11.1. The van der Waals surface area contributed by atoms with Crippen LogP contribution in [0.15, 0.2) is 29.6 Å². The molecular formula is C10H14N6O2S. The molecule has 3 N–H and O–H groups in total. The van der Waals surface area contributed by atoms with Gasteiger partial charge in [-0.15, -0.1) is 0 Å². The molecule has 102 valence electrons. The molecule has 0 radical (unpaired) electrons. The summed E-state index contributed by atoms with van der Waals surface area (Å²) in [4.78, 5) is 7.51. The van der Waals surface area contributed by atoms with E-state index in [0.717, 1.165) is 6.42 Å². The largest absolute Gasteiger partial charge is 0.381 e. The summed E-state index contributed by atoms with van der Waals surface area (Å²) in [7, 11) is -3.82. The molecule has 0 atom stereocenters. The van der Waals surface area contributed by atoms with Crippen molar-refractivity contribution in [2.24, 2.45) is 0 Å². The molecule has 2 aromatic heterocycles. The van der Waals surface area contributed by atoms with Crippen molar-refractivity contribution < 1.29 is 8.42 Å². The Balaban J connectivity index is 2.29. The number of anilines is 2. The third-order valence-electron chi connectivity index (χ3n) is 2.29. The lowest BCUT2D eigenvalue weighted by Gasteiger charge is -2.03. The van der Waals surface area contributed by atoms with Crippen LogP contribution in [0.25, 0.3) is 0 Å². The van der Waals surface area contributed by atoms with E-state index in [1.165, 1.54) is 23.3 Å². The van der Waals surface area contributed by atoms with Crippen molar-refractivity contribution in [3.05, 3.63) is 24.7 Å². The molecule has 0 unspecified atom stereocenters. The summed E-state index contributed by atoms with van der Waals surface area (Å²) in [6.07, 6.45) is 5.10. The first-order chi connectivity index (χ1) is 9.03. The molecule has 0 aliphatic heterocycles. The minimum absolute atomic E-state index is 0.00913. The van der Waals surface area contributed by atoms with Crippen LogP contribution in [0.3, 0.4) is 0 Å². The minimum atomic E-state index is -3.82. The van der Waals surface area contributed by atoms with Gasteiger partial charge in [-0.2, -0.15) is 5.10 Å². The summed E-state index contributed by atoms with van der Waals surface area (Å²) in [5.41, 5.74) is 5.62. The van der Waals surface area contributed by atoms with Crippen molar-refractivity contribution in [2.75, 3.05) is 10.5 Å². The third kappa shape index (κ3) is 2.99. The van der Waals surface area contributed by atoms with Crippen LogP contribution in [-0.4, -0.2) is 28.2 Å². The number of aromatic nitrogens is 4. The van der Waals surface area contributed by atoms with E-state index in [2.05, 4.69) is 19.8 Å². The van der Waals surface area contributed by atoms with Gasteiger partial charge in [-0.05, 0) is 12.5 Å². The van der Waals surface area contributed by atoms with Crippen molar-refractivity contribution in [1.82, 2.24) is 19.7 Å². The Kier molecular flexibility index (Phi) is 3.65. The zero-order chi connectivity index (χ0) is 13.9. The minimum Gasteiger partial charge on any atom is -0.381 e. The first kappa shape index (κ1) is 13.3. The molecule has 9 heteroatoms. The highest BCUT2D eigenvalue weighted by molar-refractivity contribution is 7.92. The van der Waals surface area contributed by atoms with Gasteiger partial charge in [-0.3, -0.25) is 4.68 Å². The second-order valence-corrected chi connectivity index (χ2v) is 5.47. The van der Waals surface area contributed by atoms with Crippen LogP contribution in [-0.2, 0) is 16.6 Å². The molecule has 2 rings (SSSR count). The predicted molar refractivity (Wildman–Crippen MR) is 69.8 cm³/mol. The number of nitrogen functional groups attached to an aromatic ring is 1. The molecule has 0 aliphatic carbocycles. The van der Waals surface area contributed by atoms with Gasteiger partial charge in [-0.25, -0.2) is 23.1 Å². The Hall–Kier alpha value is -2.16. The van der Waals surface area contributed by atoms with Gasteiger partial charge >= 0.3 is 0 Å². The fraction of sp³-hybridized carbons (Fsp3) is 0.300. The number of rotatable bonds is 5. The normalized spacial score (nSPS) is 11.4. The monoisotopic (exact) mass is 282 g/mol. The lowest BCUT2D eigenvalue weighted by atomic mass is 10.5. The number of nitrogens with two attached hydrogens (primary N) is 1. The molecule has 19 heavy (non-hydrogen) atoms. The number of aryl methyl sites for hydroxylation is 1. The van der Waals surface area contributed by atoms with E-state index >= 15 is 0 Å². The Labute approximate surface area is 110 Å². The highest BCUT2D eigenvalue weighted by Crippen LogP contribution is 2.18. The van der Waals surface area contributed by atoms with Gasteiger partial charge in [0.15, 0.2) is 5.82 Å². The van der Waals surface area contributed by atoms with Crippen LogP contribution >= 0.6 is 0 Å². The second kappa shape index (κ2) is 5.22. The van der Waals surface area contributed by atoms with Crippen molar-refractivity contribution >= 4 is 21.8 Å². The Morgan fingerprint density at radius 3 is 2.68 bits per heavy atom. The second-order valence-electron chi connectivity index (χ2n) is 3.82. The number of sulfonamides is 1. The highest BCUT2D eigenvalue weighted by atomic mass is 32.2. The number of hydrogen-bond donors (Lipinski definition) is 2. The summed E-state index contributed by atoms with van der Waals surface area (Å²) in [6.45, 7) is 2.56. The van der Waals surface area contributed by atoms with E-state index in [0.29, 0.717) is 6.54 Å². The average molecular weight is 282 g/mol. The SMILES string of the molecule is CCCn1cc(S(=O)(=O)Nc2ncccn2)c(N)n1. The fourth-order valence-electron chi connectivity index (χ4n) is 1.50. The van der Waals surface area contributed by atoms with Crippen LogP contribution in [0.2, 0.25) is 0 Å². The molecule has 0 amide bonds. The summed E-state index contributed by atoms with van der Waals surface area (Å²) >= 11 is 0. The first-order valence-electron chi connectivity index (χ1n) is 5.65. The number of hydrogen-bond acceptors (Lipinski definition) is 6. The van der Waals surface area contributed by atoms with Crippen molar-refractivity contribution in [1.29, 1.82) is 0 Å². The molecule has 0 fully saturated rings. The molecule has 0 bridgehead atoms. The van der Waals surface area contributed by atoms with E-state index in [9.17, 15) is 8.42 Å². The molecule has 0 saturated carbocycles. The molecule has 0 spiro atoms. The lowest BCUT2D eigenvalue weighted by molar-refractivity contribution is 0.595. The van der Waals surface area contributed by atoms with E-state index < -0.39 is 10.0 Å². The van der Waals surface area contributed by atoms with Crippen LogP contribution in [0.5, 0.6) is 0 Å². The van der Waals surface area contributed by atoms with Gasteiger partial charge in [0.2, 0.25) is 5.95 Å². The fourth-order valence-corrected chi connectivity index (χ4v) is 2.53. The third-order valence-corrected chi connectivity index (χ3v) is 3.63. The lowest BCUT2D eigenvalue weighted by Crippen LogP contribution is -2.15. The van der Waals surface area contributed by atoms with Crippen LogP contribution in [0.4, 0.5) is 11.8 Å². The predicted octanol–water partition coefficient (Wildman–Crippen LogP) is 0.466. The maximum atomic E-state index is 12.1. The standard InChI is InChI=1S/C10H14N6O2S/c1-2-6-16-7-8(9(11)14-16)19(17,18)15-10-12-4-3-5-13-10/h3-5,7H,2,6H2,1H3,(H2,11,14)(H,12,13,15). The highest BCUT2D eigenvalue weighted by Gasteiger charge is 2.22. The maximum Gasteiger partial charge on any atom is 0.269 e. The van der Waals surface area contributed by atoms with Gasteiger partial charge in [0.05, 0.1) is 0 Å². The molecule has 2 aromatic rings. The Morgan fingerprint density at radius 2 is 2.05 bits per heavy atom. The zero-order valence-electron chi connectivity index (χ0n) is 10.3. The summed E-state index contributed by atoms with van der Waals surface area (Å²) in [5.74, 6) is -0.0537. The molecule has 0 aromatic carbocycles. The van der Waals surface area contributed by atoms with Crippen molar-refractivity contribution in [3.8, 4) is 0 Å².